The number of rotatable bonds is 6. The number of aromatic amines is 1. The molecular formula is C23H26N4O5. The molecule has 32 heavy (non-hydrogen) atoms. The van der Waals surface area contributed by atoms with E-state index in [4.69, 9.17) is 4.74 Å². The molecule has 2 amide bonds. The van der Waals surface area contributed by atoms with E-state index in [0.717, 1.165) is 16.5 Å². The van der Waals surface area contributed by atoms with Crippen molar-refractivity contribution in [2.24, 2.45) is 0 Å². The number of non-ortho nitro benzene ring substituents is 1. The number of nitrogens with one attached hydrogen (secondary N) is 3. The van der Waals surface area contributed by atoms with Gasteiger partial charge in [0.1, 0.15) is 11.6 Å². The number of hydrogen-bond acceptors (Lipinski definition) is 5. The lowest BCUT2D eigenvalue weighted by Gasteiger charge is -2.23. The predicted molar refractivity (Wildman–Crippen MR) is 122 cm³/mol. The minimum absolute atomic E-state index is 0.140. The molecule has 0 bridgehead atoms. The van der Waals surface area contributed by atoms with Crippen LogP contribution in [0.15, 0.2) is 48.7 Å². The normalized spacial score (nSPS) is 12.2. The van der Waals surface area contributed by atoms with Crippen molar-refractivity contribution >= 4 is 34.3 Å². The number of H-pyrrole nitrogens is 1. The topological polar surface area (TPSA) is 126 Å². The summed E-state index contributed by atoms with van der Waals surface area (Å²) in [6.07, 6.45) is 1.26. The molecule has 3 aromatic rings. The Morgan fingerprint density at radius 2 is 1.91 bits per heavy atom. The van der Waals surface area contributed by atoms with Crippen molar-refractivity contribution in [2.75, 3.05) is 5.32 Å². The molecule has 168 valence electrons. The SMILES string of the molecule is Cc1ccc([N+](=O)[O-])cc1NC(=O)[C@H](Cc1c[nH]c2ccccc12)NC(=O)OC(C)(C)C. The highest BCUT2D eigenvalue weighted by Gasteiger charge is 2.26. The van der Waals surface area contributed by atoms with Crippen molar-refractivity contribution in [2.45, 2.75) is 45.8 Å². The number of hydrogen-bond donors (Lipinski definition) is 3. The molecular weight excluding hydrogens is 412 g/mol. The molecule has 1 aromatic heterocycles. The molecule has 0 aliphatic rings. The number of ether oxygens (including phenoxy) is 1. The highest BCUT2D eigenvalue weighted by atomic mass is 16.6. The third kappa shape index (κ3) is 5.63. The monoisotopic (exact) mass is 438 g/mol. The number of carbonyl (C=O) groups is 2. The van der Waals surface area contributed by atoms with Gasteiger partial charge < -0.3 is 20.4 Å². The zero-order chi connectivity index (χ0) is 23.5. The Kier molecular flexibility index (Phi) is 6.47. The second-order valence-corrected chi connectivity index (χ2v) is 8.51. The van der Waals surface area contributed by atoms with Crippen LogP contribution in [0.3, 0.4) is 0 Å². The first-order chi connectivity index (χ1) is 15.0. The van der Waals surface area contributed by atoms with Gasteiger partial charge in [-0.25, -0.2) is 4.79 Å². The first-order valence-electron chi connectivity index (χ1n) is 10.1. The fourth-order valence-electron chi connectivity index (χ4n) is 3.26. The van der Waals surface area contributed by atoms with E-state index in [1.807, 2.05) is 24.3 Å². The van der Waals surface area contributed by atoms with Crippen LogP contribution >= 0.6 is 0 Å². The maximum atomic E-state index is 13.1. The molecule has 0 unspecified atom stereocenters. The molecule has 0 saturated heterocycles. The summed E-state index contributed by atoms with van der Waals surface area (Å²) in [6.45, 7) is 6.92. The van der Waals surface area contributed by atoms with Crippen molar-refractivity contribution in [1.29, 1.82) is 0 Å². The first kappa shape index (κ1) is 22.8. The van der Waals surface area contributed by atoms with Gasteiger partial charge in [0.15, 0.2) is 0 Å². The zero-order valence-corrected chi connectivity index (χ0v) is 18.4. The molecule has 1 atom stereocenters. The van der Waals surface area contributed by atoms with Gasteiger partial charge in [-0.05, 0) is 44.9 Å². The smallest absolute Gasteiger partial charge is 0.408 e. The minimum atomic E-state index is -0.970. The Labute approximate surface area is 185 Å². The number of nitro groups is 1. The molecule has 0 aliphatic carbocycles. The third-order valence-electron chi connectivity index (χ3n) is 4.80. The van der Waals surface area contributed by atoms with Crippen LogP contribution in [-0.4, -0.2) is 33.6 Å². The van der Waals surface area contributed by atoms with E-state index in [1.54, 1.807) is 40.0 Å². The Hall–Kier alpha value is -3.88. The van der Waals surface area contributed by atoms with E-state index in [2.05, 4.69) is 15.6 Å². The van der Waals surface area contributed by atoms with E-state index in [1.165, 1.54) is 12.1 Å². The highest BCUT2D eigenvalue weighted by Crippen LogP contribution is 2.23. The zero-order valence-electron chi connectivity index (χ0n) is 18.4. The van der Waals surface area contributed by atoms with Gasteiger partial charge in [-0.3, -0.25) is 14.9 Å². The number of aromatic nitrogens is 1. The Morgan fingerprint density at radius 1 is 1.19 bits per heavy atom. The van der Waals surface area contributed by atoms with Gasteiger partial charge in [-0.1, -0.05) is 24.3 Å². The number of fused-ring (bicyclic) bond motifs is 1. The van der Waals surface area contributed by atoms with Gasteiger partial charge in [-0.15, -0.1) is 0 Å². The second-order valence-electron chi connectivity index (χ2n) is 8.51. The fourth-order valence-corrected chi connectivity index (χ4v) is 3.26. The lowest BCUT2D eigenvalue weighted by molar-refractivity contribution is -0.384. The molecule has 0 fully saturated rings. The third-order valence-corrected chi connectivity index (χ3v) is 4.80. The van der Waals surface area contributed by atoms with Crippen LogP contribution in [0.4, 0.5) is 16.2 Å². The molecule has 3 rings (SSSR count). The summed E-state index contributed by atoms with van der Waals surface area (Å²) in [5.74, 6) is -0.510. The van der Waals surface area contributed by atoms with E-state index in [0.29, 0.717) is 11.3 Å². The summed E-state index contributed by atoms with van der Waals surface area (Å²) in [5, 5.41) is 17.4. The first-order valence-corrected chi connectivity index (χ1v) is 10.1. The lowest BCUT2D eigenvalue weighted by atomic mass is 10.0. The lowest BCUT2D eigenvalue weighted by Crippen LogP contribution is -2.47. The second kappa shape index (κ2) is 9.09. The van der Waals surface area contributed by atoms with Crippen LogP contribution in [0.5, 0.6) is 0 Å². The molecule has 0 saturated carbocycles. The molecule has 3 N–H and O–H groups in total. The summed E-state index contributed by atoms with van der Waals surface area (Å²) >= 11 is 0. The number of alkyl carbamates (subject to hydrolysis) is 1. The molecule has 9 heteroatoms. The molecule has 0 radical (unpaired) electrons. The number of aryl methyl sites for hydroxylation is 1. The van der Waals surface area contributed by atoms with Gasteiger partial charge in [-0.2, -0.15) is 0 Å². The number of nitrogens with zero attached hydrogens (tertiary/aromatic N) is 1. The standard InChI is InChI=1S/C23H26N4O5/c1-14-9-10-16(27(30)31)12-19(14)25-21(28)20(26-22(29)32-23(2,3)4)11-15-13-24-18-8-6-5-7-17(15)18/h5-10,12-13,20,24H,11H2,1-4H3,(H,25,28)(H,26,29)/t20-/m0/s1. The van der Waals surface area contributed by atoms with Gasteiger partial charge >= 0.3 is 6.09 Å². The van der Waals surface area contributed by atoms with E-state index in [-0.39, 0.29) is 12.1 Å². The van der Waals surface area contributed by atoms with Crippen LogP contribution in [0.1, 0.15) is 31.9 Å². The van der Waals surface area contributed by atoms with Crippen molar-refractivity contribution in [1.82, 2.24) is 10.3 Å². The van der Waals surface area contributed by atoms with Crippen LogP contribution in [-0.2, 0) is 16.0 Å². The van der Waals surface area contributed by atoms with E-state index in [9.17, 15) is 19.7 Å². The molecule has 9 nitrogen and oxygen atoms in total. The average molecular weight is 438 g/mol. The summed E-state index contributed by atoms with van der Waals surface area (Å²) in [4.78, 5) is 39.3. The summed E-state index contributed by atoms with van der Waals surface area (Å²) < 4.78 is 5.32. The number of carbonyl (C=O) groups excluding carboxylic acids is 2. The van der Waals surface area contributed by atoms with Crippen LogP contribution in [0, 0.1) is 17.0 Å². The minimum Gasteiger partial charge on any atom is -0.444 e. The van der Waals surface area contributed by atoms with Crippen molar-refractivity contribution in [3.05, 3.63) is 69.9 Å². The van der Waals surface area contributed by atoms with Crippen molar-refractivity contribution in [3.8, 4) is 0 Å². The van der Waals surface area contributed by atoms with Gasteiger partial charge in [0, 0.05) is 35.7 Å². The maximum absolute atomic E-state index is 13.1. The summed E-state index contributed by atoms with van der Waals surface area (Å²) in [7, 11) is 0. The summed E-state index contributed by atoms with van der Waals surface area (Å²) in [5.41, 5.74) is 1.84. The molecule has 1 heterocycles. The molecule has 0 spiro atoms. The highest BCUT2D eigenvalue weighted by molar-refractivity contribution is 5.98. The summed E-state index contributed by atoms with van der Waals surface area (Å²) in [6, 6.07) is 10.9. The van der Waals surface area contributed by atoms with E-state index < -0.39 is 28.6 Å². The number of nitro benzene ring substituents is 1. The number of para-hydroxylation sites is 1. The van der Waals surface area contributed by atoms with Gasteiger partial charge in [0.25, 0.3) is 5.69 Å². The van der Waals surface area contributed by atoms with Crippen LogP contribution in [0.25, 0.3) is 10.9 Å². The van der Waals surface area contributed by atoms with Gasteiger partial charge in [0.05, 0.1) is 10.6 Å². The number of anilines is 1. The molecule has 0 aliphatic heterocycles. The average Bonchev–Trinajstić information content (AvgIpc) is 3.10. The van der Waals surface area contributed by atoms with Crippen molar-refractivity contribution in [3.63, 3.8) is 0 Å². The maximum Gasteiger partial charge on any atom is 0.408 e. The fraction of sp³-hybridized carbons (Fsp3) is 0.304. The quantitative estimate of drug-likeness (QED) is 0.387. The number of amides is 2. The Balaban J connectivity index is 1.87. The van der Waals surface area contributed by atoms with Crippen LogP contribution in [0.2, 0.25) is 0 Å². The van der Waals surface area contributed by atoms with Crippen molar-refractivity contribution < 1.29 is 19.2 Å². The van der Waals surface area contributed by atoms with E-state index >= 15 is 0 Å². The predicted octanol–water partition coefficient (Wildman–Crippen LogP) is 4.46. The Bertz CT molecular complexity index is 1160. The Morgan fingerprint density at radius 3 is 2.59 bits per heavy atom. The molecule has 2 aromatic carbocycles. The largest absolute Gasteiger partial charge is 0.444 e. The number of benzene rings is 2. The van der Waals surface area contributed by atoms with Gasteiger partial charge in [0.2, 0.25) is 5.91 Å². The van der Waals surface area contributed by atoms with Crippen LogP contribution < -0.4 is 10.6 Å².